The van der Waals surface area contributed by atoms with E-state index in [2.05, 4.69) is 11.9 Å². The van der Waals surface area contributed by atoms with E-state index in [4.69, 9.17) is 23.2 Å². The Bertz CT molecular complexity index is 780. The number of ketones is 1. The van der Waals surface area contributed by atoms with Gasteiger partial charge in [0, 0.05) is 11.3 Å². The quantitative estimate of drug-likeness (QED) is 0.611. The first kappa shape index (κ1) is 17.0. The zero-order chi connectivity index (χ0) is 16.8. The lowest BCUT2D eigenvalue weighted by molar-refractivity contribution is -0.111. The van der Waals surface area contributed by atoms with Crippen LogP contribution in [0.2, 0.25) is 10.0 Å². The summed E-state index contributed by atoms with van der Waals surface area (Å²) in [6, 6.07) is 11.8. The van der Waals surface area contributed by atoms with Gasteiger partial charge in [-0.1, -0.05) is 41.9 Å². The minimum Gasteiger partial charge on any atom is -0.323 e. The zero-order valence-corrected chi connectivity index (χ0v) is 13.6. The van der Waals surface area contributed by atoms with E-state index < -0.39 is 0 Å². The van der Waals surface area contributed by atoms with Gasteiger partial charge >= 0.3 is 0 Å². The highest BCUT2D eigenvalue weighted by Gasteiger charge is 2.05. The van der Waals surface area contributed by atoms with Gasteiger partial charge in [0.1, 0.15) is 0 Å². The van der Waals surface area contributed by atoms with E-state index in [1.165, 1.54) is 12.2 Å². The van der Waals surface area contributed by atoms with E-state index >= 15 is 0 Å². The summed E-state index contributed by atoms with van der Waals surface area (Å²) in [7, 11) is 0. The molecule has 0 fully saturated rings. The summed E-state index contributed by atoms with van der Waals surface area (Å²) >= 11 is 12.0. The van der Waals surface area contributed by atoms with Crippen molar-refractivity contribution in [2.75, 3.05) is 5.32 Å². The molecule has 116 valence electrons. The van der Waals surface area contributed by atoms with Crippen molar-refractivity contribution >= 4 is 46.7 Å². The first-order chi connectivity index (χ1) is 11.0. The Morgan fingerprint density at radius 1 is 1.04 bits per heavy atom. The highest BCUT2D eigenvalue weighted by molar-refractivity contribution is 6.42. The van der Waals surface area contributed by atoms with Crippen molar-refractivity contribution in [2.45, 2.75) is 0 Å². The van der Waals surface area contributed by atoms with Crippen molar-refractivity contribution in [2.24, 2.45) is 0 Å². The molecule has 2 rings (SSSR count). The largest absolute Gasteiger partial charge is 0.323 e. The topological polar surface area (TPSA) is 46.2 Å². The molecule has 0 radical (unpaired) electrons. The van der Waals surface area contributed by atoms with Gasteiger partial charge in [-0.3, -0.25) is 9.59 Å². The molecule has 0 aliphatic rings. The first-order valence-corrected chi connectivity index (χ1v) is 7.47. The summed E-state index contributed by atoms with van der Waals surface area (Å²) in [5.74, 6) is -0.484. The molecule has 5 heteroatoms. The van der Waals surface area contributed by atoms with E-state index in [-0.39, 0.29) is 11.7 Å². The zero-order valence-electron chi connectivity index (χ0n) is 12.1. The Kier molecular flexibility index (Phi) is 5.74. The van der Waals surface area contributed by atoms with Crippen LogP contribution in [0, 0.1) is 0 Å². The second kappa shape index (κ2) is 7.77. The molecule has 2 aromatic rings. The third kappa shape index (κ3) is 4.55. The van der Waals surface area contributed by atoms with Gasteiger partial charge in [-0.2, -0.15) is 0 Å². The van der Waals surface area contributed by atoms with Crippen LogP contribution >= 0.6 is 23.2 Å². The lowest BCUT2D eigenvalue weighted by Gasteiger charge is -2.03. The average Bonchev–Trinajstić information content (AvgIpc) is 2.56. The predicted octanol–water partition coefficient (Wildman–Crippen LogP) is 5.01. The van der Waals surface area contributed by atoms with Crippen LogP contribution in [0.25, 0.3) is 6.08 Å². The van der Waals surface area contributed by atoms with Crippen molar-refractivity contribution in [3.63, 3.8) is 0 Å². The third-order valence-electron chi connectivity index (χ3n) is 3.02. The number of nitrogens with one attached hydrogen (secondary N) is 1. The Morgan fingerprint density at radius 3 is 2.39 bits per heavy atom. The number of carbonyl (C=O) groups is 2. The number of allylic oxidation sites excluding steroid dienone is 1. The molecular weight excluding hydrogens is 333 g/mol. The molecular formula is C18H13Cl2NO2. The van der Waals surface area contributed by atoms with Crippen molar-refractivity contribution in [1.29, 1.82) is 0 Å². The van der Waals surface area contributed by atoms with Crippen LogP contribution in [0.15, 0.2) is 61.2 Å². The number of hydrogen-bond donors (Lipinski definition) is 1. The van der Waals surface area contributed by atoms with Crippen LogP contribution in [0.1, 0.15) is 15.9 Å². The summed E-state index contributed by atoms with van der Waals surface area (Å²) in [5, 5.41) is 3.45. The van der Waals surface area contributed by atoms with Crippen LogP contribution in [0.3, 0.4) is 0 Å². The van der Waals surface area contributed by atoms with Crippen molar-refractivity contribution in [1.82, 2.24) is 0 Å². The molecule has 0 aromatic heterocycles. The molecule has 0 atom stereocenters. The molecule has 0 aliphatic heterocycles. The molecule has 3 nitrogen and oxygen atoms in total. The average molecular weight is 346 g/mol. The van der Waals surface area contributed by atoms with Gasteiger partial charge in [-0.25, -0.2) is 0 Å². The van der Waals surface area contributed by atoms with E-state index in [9.17, 15) is 9.59 Å². The maximum absolute atomic E-state index is 12.1. The molecule has 1 N–H and O–H groups in total. The number of halogens is 2. The molecule has 0 spiro atoms. The van der Waals surface area contributed by atoms with Gasteiger partial charge < -0.3 is 5.32 Å². The molecule has 2 aromatic carbocycles. The van der Waals surface area contributed by atoms with Crippen LogP contribution < -0.4 is 5.32 Å². The van der Waals surface area contributed by atoms with Gasteiger partial charge in [-0.15, -0.1) is 0 Å². The van der Waals surface area contributed by atoms with E-state index in [0.717, 1.165) is 0 Å². The fourth-order valence-corrected chi connectivity index (χ4v) is 2.19. The highest BCUT2D eigenvalue weighted by Crippen LogP contribution is 2.26. The van der Waals surface area contributed by atoms with Crippen molar-refractivity contribution in [3.8, 4) is 0 Å². The smallest absolute Gasteiger partial charge is 0.247 e. The first-order valence-electron chi connectivity index (χ1n) is 6.71. The number of hydrogen-bond acceptors (Lipinski definition) is 2. The Balaban J connectivity index is 2.11. The fraction of sp³-hybridized carbons (Fsp3) is 0. The van der Waals surface area contributed by atoms with E-state index in [1.54, 1.807) is 48.5 Å². The lowest BCUT2D eigenvalue weighted by atomic mass is 10.1. The predicted molar refractivity (Wildman–Crippen MR) is 95.1 cm³/mol. The molecule has 0 bridgehead atoms. The molecule has 0 saturated carbocycles. The minimum atomic E-state index is -0.306. The van der Waals surface area contributed by atoms with Crippen LogP contribution in [0.4, 0.5) is 5.69 Å². The molecule has 0 heterocycles. The lowest BCUT2D eigenvalue weighted by Crippen LogP contribution is -2.07. The number of anilines is 1. The van der Waals surface area contributed by atoms with E-state index in [1.807, 2.05) is 0 Å². The second-order valence-electron chi connectivity index (χ2n) is 4.61. The summed E-state index contributed by atoms with van der Waals surface area (Å²) in [6.45, 7) is 3.37. The van der Waals surface area contributed by atoms with Crippen LogP contribution in [0.5, 0.6) is 0 Å². The van der Waals surface area contributed by atoms with Crippen LogP contribution in [-0.2, 0) is 4.79 Å². The third-order valence-corrected chi connectivity index (χ3v) is 3.85. The molecule has 23 heavy (non-hydrogen) atoms. The van der Waals surface area contributed by atoms with Crippen LogP contribution in [-0.4, -0.2) is 11.7 Å². The van der Waals surface area contributed by atoms with Crippen molar-refractivity contribution < 1.29 is 9.59 Å². The summed E-state index contributed by atoms with van der Waals surface area (Å²) in [6.07, 6.45) is 4.22. The molecule has 1 amide bonds. The summed E-state index contributed by atoms with van der Waals surface area (Å²) in [5.41, 5.74) is 1.76. The van der Waals surface area contributed by atoms with Gasteiger partial charge in [0.2, 0.25) is 5.91 Å². The van der Waals surface area contributed by atoms with Gasteiger partial charge in [0.05, 0.1) is 10.0 Å². The molecule has 0 aliphatic carbocycles. The molecule has 0 saturated heterocycles. The number of carbonyl (C=O) groups excluding carboxylic acids is 2. The molecule has 0 unspecified atom stereocenters. The standard InChI is InChI=1S/C18H13Cl2NO2/c1-2-17(23)21-14-9-6-12(7-10-14)16(22)11-8-13-4-3-5-15(19)18(13)20/h2-11H,1H2,(H,21,23)/b11-8+. The maximum atomic E-state index is 12.1. The van der Waals surface area contributed by atoms with Gasteiger partial charge in [0.25, 0.3) is 0 Å². The van der Waals surface area contributed by atoms with E-state index in [0.29, 0.717) is 26.9 Å². The Hall–Kier alpha value is -2.36. The monoisotopic (exact) mass is 345 g/mol. The van der Waals surface area contributed by atoms with Gasteiger partial charge in [0.15, 0.2) is 5.78 Å². The number of amides is 1. The minimum absolute atomic E-state index is 0.178. The van der Waals surface area contributed by atoms with Crippen molar-refractivity contribution in [3.05, 3.63) is 82.4 Å². The second-order valence-corrected chi connectivity index (χ2v) is 5.40. The SMILES string of the molecule is C=CC(=O)Nc1ccc(C(=O)/C=C/c2cccc(Cl)c2Cl)cc1. The number of benzene rings is 2. The highest BCUT2D eigenvalue weighted by atomic mass is 35.5. The number of rotatable bonds is 5. The Morgan fingerprint density at radius 2 is 1.74 bits per heavy atom. The van der Waals surface area contributed by atoms with Gasteiger partial charge in [-0.05, 0) is 54.1 Å². The summed E-state index contributed by atoms with van der Waals surface area (Å²) in [4.78, 5) is 23.3. The summed E-state index contributed by atoms with van der Waals surface area (Å²) < 4.78 is 0. The fourth-order valence-electron chi connectivity index (χ4n) is 1.82. The Labute approximate surface area is 144 Å². The normalized spacial score (nSPS) is 10.5. The maximum Gasteiger partial charge on any atom is 0.247 e.